The van der Waals surface area contributed by atoms with Crippen molar-refractivity contribution >= 4 is 34.6 Å². The van der Waals surface area contributed by atoms with Gasteiger partial charge in [0.05, 0.1) is 7.11 Å². The first-order chi connectivity index (χ1) is 15.5. The maximum atomic E-state index is 12.7. The van der Waals surface area contributed by atoms with Crippen LogP contribution in [0, 0.1) is 6.92 Å². The fraction of sp³-hybridized carbons (Fsp3) is 0.304. The molecule has 4 rings (SSSR count). The van der Waals surface area contributed by atoms with E-state index in [0.29, 0.717) is 23.8 Å². The van der Waals surface area contributed by atoms with E-state index in [4.69, 9.17) is 4.74 Å². The molecule has 0 bridgehead atoms. The van der Waals surface area contributed by atoms with E-state index in [0.717, 1.165) is 34.8 Å². The summed E-state index contributed by atoms with van der Waals surface area (Å²) in [5.41, 5.74) is 2.53. The van der Waals surface area contributed by atoms with E-state index in [2.05, 4.69) is 20.8 Å². The van der Waals surface area contributed by atoms with Crippen molar-refractivity contribution in [2.45, 2.75) is 25.7 Å². The lowest BCUT2D eigenvalue weighted by Gasteiger charge is -2.31. The molecule has 0 aliphatic carbocycles. The van der Waals surface area contributed by atoms with Crippen molar-refractivity contribution < 1.29 is 14.3 Å². The van der Waals surface area contributed by atoms with Gasteiger partial charge in [0.2, 0.25) is 5.01 Å². The van der Waals surface area contributed by atoms with Gasteiger partial charge in [-0.05, 0) is 61.7 Å². The molecule has 1 fully saturated rings. The van der Waals surface area contributed by atoms with E-state index in [-0.39, 0.29) is 17.9 Å². The Balaban J connectivity index is 1.37. The van der Waals surface area contributed by atoms with E-state index in [9.17, 15) is 9.59 Å². The predicted molar refractivity (Wildman–Crippen MR) is 125 cm³/mol. The number of ether oxygens (including phenoxy) is 1. The van der Waals surface area contributed by atoms with Gasteiger partial charge in [0.25, 0.3) is 5.91 Å². The number of piperidine rings is 1. The third-order valence-electron chi connectivity index (χ3n) is 5.31. The van der Waals surface area contributed by atoms with Gasteiger partial charge in [-0.1, -0.05) is 23.5 Å². The zero-order valence-electron chi connectivity index (χ0n) is 18.0. The van der Waals surface area contributed by atoms with Crippen molar-refractivity contribution in [2.24, 2.45) is 0 Å². The Morgan fingerprint density at radius 1 is 1.09 bits per heavy atom. The van der Waals surface area contributed by atoms with Crippen LogP contribution in [0.15, 0.2) is 48.5 Å². The molecule has 1 aliphatic rings. The summed E-state index contributed by atoms with van der Waals surface area (Å²) in [6.45, 7) is 3.23. The summed E-state index contributed by atoms with van der Waals surface area (Å²) < 4.78 is 5.13. The number of carbonyl (C=O) groups is 2. The first-order valence-corrected chi connectivity index (χ1v) is 11.2. The van der Waals surface area contributed by atoms with E-state index in [1.165, 1.54) is 11.3 Å². The smallest absolute Gasteiger partial charge is 0.321 e. The van der Waals surface area contributed by atoms with Crippen LogP contribution >= 0.6 is 11.3 Å². The normalized spacial score (nSPS) is 15.8. The molecule has 1 saturated heterocycles. The van der Waals surface area contributed by atoms with Gasteiger partial charge >= 0.3 is 6.03 Å². The minimum absolute atomic E-state index is 0.0621. The molecule has 1 aromatic heterocycles. The van der Waals surface area contributed by atoms with Crippen LogP contribution in [0.3, 0.4) is 0 Å². The van der Waals surface area contributed by atoms with Crippen molar-refractivity contribution in [3.8, 4) is 5.75 Å². The summed E-state index contributed by atoms with van der Waals surface area (Å²) >= 11 is 1.28. The largest absolute Gasteiger partial charge is 0.497 e. The topological polar surface area (TPSA) is 96.4 Å². The lowest BCUT2D eigenvalue weighted by Crippen LogP contribution is -2.41. The van der Waals surface area contributed by atoms with Crippen LogP contribution in [0.5, 0.6) is 5.75 Å². The predicted octanol–water partition coefficient (Wildman–Crippen LogP) is 4.52. The monoisotopic (exact) mass is 451 g/mol. The van der Waals surface area contributed by atoms with Gasteiger partial charge in [0, 0.05) is 30.4 Å². The number of nitrogens with one attached hydrogen (secondary N) is 2. The number of hydrogen-bond acceptors (Lipinski definition) is 6. The zero-order chi connectivity index (χ0) is 22.5. The number of nitrogens with zero attached hydrogens (tertiary/aromatic N) is 3. The Morgan fingerprint density at radius 2 is 1.91 bits per heavy atom. The molecule has 8 nitrogen and oxygen atoms in total. The highest BCUT2D eigenvalue weighted by molar-refractivity contribution is 7.13. The summed E-state index contributed by atoms with van der Waals surface area (Å²) in [6, 6.07) is 14.7. The van der Waals surface area contributed by atoms with Gasteiger partial charge in [0.15, 0.2) is 0 Å². The Morgan fingerprint density at radius 3 is 2.66 bits per heavy atom. The molecule has 1 aliphatic heterocycles. The van der Waals surface area contributed by atoms with Gasteiger partial charge < -0.3 is 20.3 Å². The first kappa shape index (κ1) is 21.8. The second kappa shape index (κ2) is 9.78. The van der Waals surface area contributed by atoms with Crippen molar-refractivity contribution in [1.82, 2.24) is 15.1 Å². The average Bonchev–Trinajstić information content (AvgIpc) is 3.30. The molecule has 0 saturated carbocycles. The molecule has 3 aromatic rings. The minimum Gasteiger partial charge on any atom is -0.497 e. The van der Waals surface area contributed by atoms with Crippen LogP contribution in [-0.4, -0.2) is 47.2 Å². The molecular weight excluding hydrogens is 426 g/mol. The molecule has 3 amide bonds. The molecule has 9 heteroatoms. The Hall–Kier alpha value is -3.46. The molecule has 0 radical (unpaired) electrons. The van der Waals surface area contributed by atoms with E-state index in [1.807, 2.05) is 31.2 Å². The zero-order valence-corrected chi connectivity index (χ0v) is 18.8. The summed E-state index contributed by atoms with van der Waals surface area (Å²) in [7, 11) is 1.59. The quantitative estimate of drug-likeness (QED) is 0.595. The van der Waals surface area contributed by atoms with Crippen LogP contribution in [0.25, 0.3) is 0 Å². The van der Waals surface area contributed by atoms with E-state index in [1.54, 1.807) is 36.3 Å². The number of aryl methyl sites for hydroxylation is 1. The third-order valence-corrected chi connectivity index (χ3v) is 6.39. The van der Waals surface area contributed by atoms with Crippen molar-refractivity contribution in [1.29, 1.82) is 0 Å². The summed E-state index contributed by atoms with van der Waals surface area (Å²) in [6.07, 6.45) is 1.78. The number of aromatic nitrogens is 2. The number of methoxy groups -OCH3 is 1. The summed E-state index contributed by atoms with van der Waals surface area (Å²) in [5.74, 6) is 0.477. The van der Waals surface area contributed by atoms with Gasteiger partial charge in [-0.15, -0.1) is 10.2 Å². The minimum atomic E-state index is -0.302. The number of rotatable bonds is 5. The highest BCUT2D eigenvalue weighted by Gasteiger charge is 2.28. The van der Waals surface area contributed by atoms with Gasteiger partial charge in [-0.2, -0.15) is 0 Å². The SMILES string of the molecule is COc1ccc(NC(=O)c2nnc([C@@H]3CCCN(C(=O)Nc4cccc(C)c4)C3)s2)cc1. The number of benzene rings is 2. The molecule has 2 N–H and O–H groups in total. The fourth-order valence-corrected chi connectivity index (χ4v) is 4.50. The van der Waals surface area contributed by atoms with Crippen molar-refractivity contribution in [3.63, 3.8) is 0 Å². The molecular formula is C23H25N5O3S. The van der Waals surface area contributed by atoms with Crippen LogP contribution in [0.2, 0.25) is 0 Å². The van der Waals surface area contributed by atoms with Crippen LogP contribution in [-0.2, 0) is 0 Å². The van der Waals surface area contributed by atoms with Crippen molar-refractivity contribution in [2.75, 3.05) is 30.8 Å². The molecule has 166 valence electrons. The van der Waals surface area contributed by atoms with Crippen LogP contribution in [0.4, 0.5) is 16.2 Å². The average molecular weight is 452 g/mol. The number of likely N-dealkylation sites (tertiary alicyclic amines) is 1. The second-order valence-corrected chi connectivity index (χ2v) is 8.72. The van der Waals surface area contributed by atoms with Gasteiger partial charge in [0.1, 0.15) is 10.8 Å². The van der Waals surface area contributed by atoms with Crippen LogP contribution < -0.4 is 15.4 Å². The molecule has 0 spiro atoms. The summed E-state index contributed by atoms with van der Waals surface area (Å²) in [5, 5.41) is 15.2. The van der Waals surface area contributed by atoms with E-state index < -0.39 is 0 Å². The second-order valence-electron chi connectivity index (χ2n) is 7.71. The molecule has 2 aromatic carbocycles. The first-order valence-electron chi connectivity index (χ1n) is 10.4. The number of amides is 3. The molecule has 0 unspecified atom stereocenters. The number of urea groups is 1. The Kier molecular flexibility index (Phi) is 6.65. The molecule has 1 atom stereocenters. The number of anilines is 2. The highest BCUT2D eigenvalue weighted by atomic mass is 32.1. The highest BCUT2D eigenvalue weighted by Crippen LogP contribution is 2.30. The lowest BCUT2D eigenvalue weighted by atomic mass is 9.99. The van der Waals surface area contributed by atoms with Gasteiger partial charge in [-0.3, -0.25) is 4.79 Å². The Bertz CT molecular complexity index is 1100. The number of hydrogen-bond donors (Lipinski definition) is 2. The van der Waals surface area contributed by atoms with Gasteiger partial charge in [-0.25, -0.2) is 4.79 Å². The maximum absolute atomic E-state index is 12.7. The summed E-state index contributed by atoms with van der Waals surface area (Å²) in [4.78, 5) is 27.1. The van der Waals surface area contributed by atoms with Crippen LogP contribution in [0.1, 0.15) is 39.1 Å². The fourth-order valence-electron chi connectivity index (χ4n) is 3.64. The van der Waals surface area contributed by atoms with Crippen molar-refractivity contribution in [3.05, 3.63) is 64.1 Å². The Labute approximate surface area is 190 Å². The number of carbonyl (C=O) groups excluding carboxylic acids is 2. The maximum Gasteiger partial charge on any atom is 0.321 e. The van der Waals surface area contributed by atoms with E-state index >= 15 is 0 Å². The standard InChI is InChI=1S/C23H25N5O3S/c1-15-5-3-7-18(13-15)25-23(30)28-12-4-6-16(14-28)21-26-27-22(32-21)20(29)24-17-8-10-19(31-2)11-9-17/h3,5,7-11,13,16H,4,6,12,14H2,1-2H3,(H,24,29)(H,25,30)/t16-/m1/s1. The lowest BCUT2D eigenvalue weighted by molar-refractivity contribution is 0.102. The molecule has 32 heavy (non-hydrogen) atoms. The molecule has 2 heterocycles. The third kappa shape index (κ3) is 5.23.